The molecule has 13 heteroatoms. The van der Waals surface area contributed by atoms with Crippen LogP contribution in [-0.2, 0) is 25.0 Å². The number of pyridine rings is 1. The molecular weight excluding hydrogens is 485 g/mol. The predicted octanol–water partition coefficient (Wildman–Crippen LogP) is 2.27. The summed E-state index contributed by atoms with van der Waals surface area (Å²) >= 11 is 0. The average Bonchev–Trinajstić information content (AvgIpc) is 2.79. The van der Waals surface area contributed by atoms with Gasteiger partial charge in [-0.05, 0) is 60.7 Å². The van der Waals surface area contributed by atoms with Gasteiger partial charge in [0.25, 0.3) is 10.0 Å². The third-order valence-corrected chi connectivity index (χ3v) is 7.72. The van der Waals surface area contributed by atoms with Crippen LogP contribution in [0.2, 0.25) is 0 Å². The topological polar surface area (TPSA) is 129 Å². The molecule has 0 fully saturated rings. The first kappa shape index (κ1) is 25.1. The van der Waals surface area contributed by atoms with Gasteiger partial charge < -0.3 is 5.32 Å². The summed E-state index contributed by atoms with van der Waals surface area (Å²) in [6.45, 7) is -0.589. The fraction of sp³-hybridized carbons (Fsp3) is 0.143. The van der Waals surface area contributed by atoms with Gasteiger partial charge in [0, 0.05) is 26.0 Å². The summed E-state index contributed by atoms with van der Waals surface area (Å²) in [7, 11) is -5.31. The Hall–Kier alpha value is -3.55. The van der Waals surface area contributed by atoms with Crippen molar-refractivity contribution in [2.45, 2.75) is 4.90 Å². The number of anilines is 3. The first-order valence-corrected chi connectivity index (χ1v) is 12.7. The van der Waals surface area contributed by atoms with E-state index in [1.165, 1.54) is 62.9 Å². The molecule has 0 saturated carbocycles. The number of nitrogens with one attached hydrogen (secondary N) is 2. The summed E-state index contributed by atoms with van der Waals surface area (Å²) in [5, 5.41) is 2.53. The molecule has 1 amide bonds. The predicted molar refractivity (Wildman–Crippen MR) is 126 cm³/mol. The summed E-state index contributed by atoms with van der Waals surface area (Å²) in [4.78, 5) is 16.4. The van der Waals surface area contributed by atoms with E-state index in [1.54, 1.807) is 12.1 Å². The van der Waals surface area contributed by atoms with E-state index in [-0.39, 0.29) is 16.3 Å². The number of carbonyl (C=O) groups excluding carboxylic acids is 1. The van der Waals surface area contributed by atoms with Crippen LogP contribution in [0.5, 0.6) is 0 Å². The van der Waals surface area contributed by atoms with Gasteiger partial charge in [-0.2, -0.15) is 12.7 Å². The summed E-state index contributed by atoms with van der Waals surface area (Å²) < 4.78 is 67.9. The van der Waals surface area contributed by atoms with Crippen LogP contribution >= 0.6 is 0 Å². The molecule has 0 aliphatic carbocycles. The number of carbonyl (C=O) groups is 1. The molecule has 3 aromatic rings. The summed E-state index contributed by atoms with van der Waals surface area (Å²) in [5.41, 5.74) is 0.655. The van der Waals surface area contributed by atoms with Crippen molar-refractivity contribution in [3.05, 3.63) is 78.9 Å². The minimum absolute atomic E-state index is 0.0440. The van der Waals surface area contributed by atoms with E-state index in [4.69, 9.17) is 0 Å². The van der Waals surface area contributed by atoms with Crippen LogP contribution in [0.3, 0.4) is 0 Å². The Morgan fingerprint density at radius 1 is 0.941 bits per heavy atom. The van der Waals surface area contributed by atoms with Crippen molar-refractivity contribution < 1.29 is 26.0 Å². The van der Waals surface area contributed by atoms with E-state index in [0.29, 0.717) is 5.69 Å². The molecule has 1 aromatic heterocycles. The fourth-order valence-electron chi connectivity index (χ4n) is 2.80. The van der Waals surface area contributed by atoms with Gasteiger partial charge in [0.1, 0.15) is 12.4 Å². The lowest BCUT2D eigenvalue weighted by molar-refractivity contribution is -0.114. The van der Waals surface area contributed by atoms with Crippen LogP contribution in [-0.4, -0.2) is 52.7 Å². The molecule has 3 rings (SSSR count). The number of benzene rings is 2. The number of amides is 1. The molecule has 0 spiro atoms. The largest absolute Gasteiger partial charge is 0.325 e. The Labute approximate surface area is 197 Å². The van der Waals surface area contributed by atoms with E-state index in [0.717, 1.165) is 20.7 Å². The second-order valence-electron chi connectivity index (χ2n) is 7.19. The lowest BCUT2D eigenvalue weighted by atomic mass is 10.3. The van der Waals surface area contributed by atoms with Crippen molar-refractivity contribution in [1.29, 1.82) is 0 Å². The Morgan fingerprint density at radius 2 is 1.59 bits per heavy atom. The monoisotopic (exact) mass is 507 g/mol. The first-order chi connectivity index (χ1) is 16.0. The summed E-state index contributed by atoms with van der Waals surface area (Å²) in [5.74, 6) is -1.23. The molecule has 180 valence electrons. The lowest BCUT2D eigenvalue weighted by Gasteiger charge is -2.26. The van der Waals surface area contributed by atoms with Gasteiger partial charge in [-0.1, -0.05) is 0 Å². The summed E-state index contributed by atoms with van der Waals surface area (Å²) in [6, 6.07) is 13.1. The molecule has 2 aromatic carbocycles. The number of sulfonamides is 1. The first-order valence-electron chi connectivity index (χ1n) is 9.77. The Bertz CT molecular complexity index is 1350. The van der Waals surface area contributed by atoms with Crippen molar-refractivity contribution >= 4 is 43.2 Å². The molecule has 0 aliphatic heterocycles. The quantitative estimate of drug-likeness (QED) is 0.457. The number of hydrogen-bond acceptors (Lipinski definition) is 6. The zero-order valence-electron chi connectivity index (χ0n) is 18.2. The zero-order valence-corrected chi connectivity index (χ0v) is 19.8. The zero-order chi connectivity index (χ0) is 24.9. The highest BCUT2D eigenvalue weighted by Gasteiger charge is 2.27. The van der Waals surface area contributed by atoms with E-state index >= 15 is 0 Å². The molecule has 10 nitrogen and oxygen atoms in total. The van der Waals surface area contributed by atoms with Crippen LogP contribution in [0.15, 0.2) is 78.0 Å². The molecule has 0 radical (unpaired) electrons. The van der Waals surface area contributed by atoms with E-state index in [1.807, 2.05) is 0 Å². The number of rotatable bonds is 9. The van der Waals surface area contributed by atoms with Gasteiger partial charge in [-0.15, -0.1) is 0 Å². The average molecular weight is 508 g/mol. The molecule has 0 atom stereocenters. The van der Waals surface area contributed by atoms with Crippen molar-refractivity contribution in [3.63, 3.8) is 0 Å². The lowest BCUT2D eigenvalue weighted by Crippen LogP contribution is -2.44. The van der Waals surface area contributed by atoms with E-state index < -0.39 is 38.5 Å². The van der Waals surface area contributed by atoms with E-state index in [2.05, 4.69) is 15.0 Å². The van der Waals surface area contributed by atoms with Crippen LogP contribution in [0.1, 0.15) is 0 Å². The van der Waals surface area contributed by atoms with Gasteiger partial charge in [-0.25, -0.2) is 17.1 Å². The van der Waals surface area contributed by atoms with Crippen LogP contribution in [0.4, 0.5) is 21.5 Å². The van der Waals surface area contributed by atoms with Crippen LogP contribution in [0.25, 0.3) is 0 Å². The fourth-order valence-corrected chi connectivity index (χ4v) is 4.90. The molecule has 34 heavy (non-hydrogen) atoms. The van der Waals surface area contributed by atoms with Gasteiger partial charge in [0.2, 0.25) is 5.91 Å². The summed E-state index contributed by atoms with van der Waals surface area (Å²) in [6.07, 6.45) is 2.87. The molecule has 1 heterocycles. The van der Waals surface area contributed by atoms with E-state index in [9.17, 15) is 26.0 Å². The number of halogens is 1. The van der Waals surface area contributed by atoms with Crippen LogP contribution in [0, 0.1) is 5.82 Å². The highest BCUT2D eigenvalue weighted by Crippen LogP contribution is 2.21. The smallest absolute Gasteiger partial charge is 0.304 e. The maximum absolute atomic E-state index is 13.3. The SMILES string of the molecule is CN(C)S(=O)(=O)N(CC(=O)Nc1ccc(S(=O)(=O)Nc2cccnc2)cc1)c1ccc(F)cc1. The molecule has 0 saturated heterocycles. The Kier molecular flexibility index (Phi) is 7.49. The van der Waals surface area contributed by atoms with Gasteiger partial charge in [-0.3, -0.25) is 14.5 Å². The number of aromatic nitrogens is 1. The molecule has 0 unspecified atom stereocenters. The maximum Gasteiger partial charge on any atom is 0.304 e. The van der Waals surface area contributed by atoms with Crippen molar-refractivity contribution in [2.24, 2.45) is 0 Å². The molecular formula is C21H22FN5O5S2. The van der Waals surface area contributed by atoms with Gasteiger partial charge in [0.05, 0.1) is 22.5 Å². The Balaban J connectivity index is 1.74. The Morgan fingerprint density at radius 3 is 2.15 bits per heavy atom. The van der Waals surface area contributed by atoms with Gasteiger partial charge >= 0.3 is 10.2 Å². The second-order valence-corrected chi connectivity index (χ2v) is 10.9. The van der Waals surface area contributed by atoms with Crippen molar-refractivity contribution in [1.82, 2.24) is 9.29 Å². The minimum Gasteiger partial charge on any atom is -0.325 e. The molecule has 2 N–H and O–H groups in total. The van der Waals surface area contributed by atoms with Crippen LogP contribution < -0.4 is 14.3 Å². The normalized spacial score (nSPS) is 11.8. The highest BCUT2D eigenvalue weighted by molar-refractivity contribution is 7.92. The van der Waals surface area contributed by atoms with Gasteiger partial charge in [0.15, 0.2) is 0 Å². The highest BCUT2D eigenvalue weighted by atomic mass is 32.2. The number of hydrogen-bond donors (Lipinski definition) is 2. The third-order valence-electron chi connectivity index (χ3n) is 4.50. The standard InChI is InChI=1S/C21H22FN5O5S2/c1-26(2)34(31,32)27(19-9-5-16(22)6-10-19)15-21(28)24-17-7-11-20(12-8-17)33(29,30)25-18-4-3-13-23-14-18/h3-14,25H,15H2,1-2H3,(H,24,28). The molecule has 0 aliphatic rings. The molecule has 0 bridgehead atoms. The minimum atomic E-state index is -4.06. The maximum atomic E-state index is 13.3. The number of nitrogens with zero attached hydrogens (tertiary/aromatic N) is 3. The van der Waals surface area contributed by atoms with Crippen molar-refractivity contribution in [3.8, 4) is 0 Å². The third kappa shape index (κ3) is 6.07. The second kappa shape index (κ2) is 10.2. The van der Waals surface area contributed by atoms with Crippen molar-refractivity contribution in [2.75, 3.05) is 35.0 Å².